The molecule has 0 aliphatic carbocycles. The Morgan fingerprint density at radius 3 is 2.59 bits per heavy atom. The number of aryl methyl sites for hydroxylation is 1. The number of hydrogen-bond acceptors (Lipinski definition) is 4. The van der Waals surface area contributed by atoms with Crippen molar-refractivity contribution in [2.75, 3.05) is 0 Å². The lowest BCUT2D eigenvalue weighted by Gasteiger charge is -2.23. The summed E-state index contributed by atoms with van der Waals surface area (Å²) in [7, 11) is 0. The molecule has 1 aliphatic heterocycles. The summed E-state index contributed by atoms with van der Waals surface area (Å²) in [4.78, 5) is 23.1. The highest BCUT2D eigenvalue weighted by Gasteiger charge is 2.29. The quantitative estimate of drug-likeness (QED) is 0.754. The number of carbonyl (C=O) groups excluding carboxylic acids is 1. The topological polar surface area (TPSA) is 56.5 Å². The molecule has 1 aromatic heterocycles. The van der Waals surface area contributed by atoms with E-state index in [0.29, 0.717) is 11.5 Å². The van der Waals surface area contributed by atoms with Gasteiger partial charge < -0.3 is 9.15 Å². The van der Waals surface area contributed by atoms with Crippen molar-refractivity contribution < 1.29 is 13.9 Å². The summed E-state index contributed by atoms with van der Waals surface area (Å²) in [6.45, 7) is 7.60. The van der Waals surface area contributed by atoms with Crippen molar-refractivity contribution in [3.8, 4) is 5.75 Å². The number of ether oxygens (including phenoxy) is 1. The summed E-state index contributed by atoms with van der Waals surface area (Å²) < 4.78 is 10.4. The first-order valence-corrected chi connectivity index (χ1v) is 5.96. The molecule has 17 heavy (non-hydrogen) atoms. The van der Waals surface area contributed by atoms with E-state index in [1.54, 1.807) is 13.0 Å². The van der Waals surface area contributed by atoms with Crippen LogP contribution in [0, 0.1) is 6.92 Å². The standard InChI is InChI=1S/C11H12O4.C2H6/c1-3-7-5-8(12)10-9(15-7)4-6(2)14-11(10)13;1-2/h4,7H,3,5H2,1-2H3;1-2H3. The maximum absolute atomic E-state index is 11.6. The molecule has 4 nitrogen and oxygen atoms in total. The van der Waals surface area contributed by atoms with Crippen molar-refractivity contribution in [3.05, 3.63) is 27.8 Å². The van der Waals surface area contributed by atoms with Crippen molar-refractivity contribution >= 4 is 5.78 Å². The molecule has 2 heterocycles. The zero-order valence-corrected chi connectivity index (χ0v) is 10.7. The third kappa shape index (κ3) is 2.75. The molecule has 1 aliphatic rings. The molecule has 0 amide bonds. The average molecular weight is 238 g/mol. The van der Waals surface area contributed by atoms with Crippen LogP contribution in [0.3, 0.4) is 0 Å². The van der Waals surface area contributed by atoms with Crippen LogP contribution in [0.25, 0.3) is 0 Å². The first kappa shape index (κ1) is 13.5. The molecule has 94 valence electrons. The molecule has 0 saturated heterocycles. The molecule has 2 rings (SSSR count). The predicted molar refractivity (Wildman–Crippen MR) is 64.7 cm³/mol. The molecule has 0 radical (unpaired) electrons. The zero-order valence-electron chi connectivity index (χ0n) is 10.7. The van der Waals surface area contributed by atoms with E-state index in [0.717, 1.165) is 6.42 Å². The molecule has 4 heteroatoms. The molecular weight excluding hydrogens is 220 g/mol. The third-order valence-electron chi connectivity index (χ3n) is 2.48. The second-order valence-corrected chi connectivity index (χ2v) is 3.66. The Bertz CT molecular complexity index is 459. The van der Waals surface area contributed by atoms with E-state index in [2.05, 4.69) is 0 Å². The summed E-state index contributed by atoms with van der Waals surface area (Å²) >= 11 is 0. The van der Waals surface area contributed by atoms with Gasteiger partial charge in [-0.15, -0.1) is 0 Å². The first-order chi connectivity index (χ1) is 8.11. The Hall–Kier alpha value is -1.58. The maximum atomic E-state index is 11.6. The van der Waals surface area contributed by atoms with Crippen LogP contribution in [0.2, 0.25) is 0 Å². The van der Waals surface area contributed by atoms with Gasteiger partial charge in [-0.25, -0.2) is 4.79 Å². The fraction of sp³-hybridized carbons (Fsp3) is 0.538. The lowest BCUT2D eigenvalue weighted by molar-refractivity contribution is 0.0835. The van der Waals surface area contributed by atoms with Crippen LogP contribution in [-0.2, 0) is 0 Å². The highest BCUT2D eigenvalue weighted by atomic mass is 16.5. The molecule has 1 unspecified atom stereocenters. The Labute approximate surface area is 101 Å². The predicted octanol–water partition coefficient (Wildman–Crippen LogP) is 2.72. The Kier molecular flexibility index (Phi) is 4.49. The smallest absolute Gasteiger partial charge is 0.350 e. The number of rotatable bonds is 1. The van der Waals surface area contributed by atoms with E-state index in [1.807, 2.05) is 20.8 Å². The van der Waals surface area contributed by atoms with Crippen molar-refractivity contribution in [3.63, 3.8) is 0 Å². The van der Waals surface area contributed by atoms with E-state index in [1.165, 1.54) is 0 Å². The minimum Gasteiger partial charge on any atom is -0.489 e. The van der Waals surface area contributed by atoms with Crippen molar-refractivity contribution in [2.24, 2.45) is 0 Å². The molecule has 0 fully saturated rings. The van der Waals surface area contributed by atoms with E-state index in [4.69, 9.17) is 9.15 Å². The highest BCUT2D eigenvalue weighted by molar-refractivity contribution is 5.99. The van der Waals surface area contributed by atoms with Crippen LogP contribution < -0.4 is 10.4 Å². The second kappa shape index (κ2) is 5.66. The molecule has 1 aromatic rings. The van der Waals surface area contributed by atoms with Gasteiger partial charge in [0.1, 0.15) is 23.2 Å². The summed E-state index contributed by atoms with van der Waals surface area (Å²) in [6.07, 6.45) is 0.896. The normalized spacial score (nSPS) is 17.6. The van der Waals surface area contributed by atoms with Gasteiger partial charge in [-0.05, 0) is 13.3 Å². The van der Waals surface area contributed by atoms with Crippen LogP contribution in [0.5, 0.6) is 5.75 Å². The summed E-state index contributed by atoms with van der Waals surface area (Å²) in [5, 5.41) is 0. The molecule has 0 spiro atoms. The van der Waals surface area contributed by atoms with Gasteiger partial charge in [0.15, 0.2) is 5.78 Å². The minimum atomic E-state index is -0.593. The molecule has 0 N–H and O–H groups in total. The van der Waals surface area contributed by atoms with Crippen LogP contribution in [0.4, 0.5) is 0 Å². The van der Waals surface area contributed by atoms with E-state index >= 15 is 0 Å². The van der Waals surface area contributed by atoms with E-state index in [-0.39, 0.29) is 23.9 Å². The van der Waals surface area contributed by atoms with Gasteiger partial charge in [0.25, 0.3) is 0 Å². The van der Waals surface area contributed by atoms with Gasteiger partial charge >= 0.3 is 5.63 Å². The summed E-state index contributed by atoms with van der Waals surface area (Å²) in [5.74, 6) is 0.645. The Morgan fingerprint density at radius 1 is 1.35 bits per heavy atom. The Morgan fingerprint density at radius 2 is 2.00 bits per heavy atom. The second-order valence-electron chi connectivity index (χ2n) is 3.66. The van der Waals surface area contributed by atoms with Crippen LogP contribution in [0.1, 0.15) is 49.7 Å². The molecular formula is C13H18O4. The van der Waals surface area contributed by atoms with Crippen molar-refractivity contribution in [1.29, 1.82) is 0 Å². The van der Waals surface area contributed by atoms with Gasteiger partial charge in [-0.2, -0.15) is 0 Å². The Balaban J connectivity index is 0.000000686. The number of fused-ring (bicyclic) bond motifs is 1. The third-order valence-corrected chi connectivity index (χ3v) is 2.48. The van der Waals surface area contributed by atoms with Gasteiger partial charge in [-0.1, -0.05) is 20.8 Å². The van der Waals surface area contributed by atoms with Gasteiger partial charge in [0.05, 0.1) is 0 Å². The van der Waals surface area contributed by atoms with Gasteiger partial charge in [0.2, 0.25) is 0 Å². The minimum absolute atomic E-state index is 0.0605. The fourth-order valence-electron chi connectivity index (χ4n) is 1.69. The average Bonchev–Trinajstić information content (AvgIpc) is 2.29. The lowest BCUT2D eigenvalue weighted by atomic mass is 10.0. The molecule has 1 atom stereocenters. The highest BCUT2D eigenvalue weighted by Crippen LogP contribution is 2.26. The van der Waals surface area contributed by atoms with E-state index in [9.17, 15) is 9.59 Å². The molecule has 0 bridgehead atoms. The molecule has 0 aromatic carbocycles. The van der Waals surface area contributed by atoms with Crippen molar-refractivity contribution in [2.45, 2.75) is 46.6 Å². The summed E-state index contributed by atoms with van der Waals surface area (Å²) in [5.41, 5.74) is -0.533. The van der Waals surface area contributed by atoms with Crippen LogP contribution >= 0.6 is 0 Å². The largest absolute Gasteiger partial charge is 0.489 e. The number of ketones is 1. The SMILES string of the molecule is CC.CCC1CC(=O)c2c(cc(C)oc2=O)O1. The lowest BCUT2D eigenvalue weighted by Crippen LogP contribution is -2.30. The maximum Gasteiger partial charge on any atom is 0.350 e. The van der Waals surface area contributed by atoms with E-state index < -0.39 is 5.63 Å². The molecule has 0 saturated carbocycles. The van der Waals surface area contributed by atoms with Gasteiger partial charge in [-0.3, -0.25) is 4.79 Å². The zero-order chi connectivity index (χ0) is 13.0. The van der Waals surface area contributed by atoms with Crippen LogP contribution in [-0.4, -0.2) is 11.9 Å². The number of Topliss-reactive ketones (excluding diaryl/α,β-unsaturated/α-hetero) is 1. The number of hydrogen-bond donors (Lipinski definition) is 0. The monoisotopic (exact) mass is 238 g/mol. The van der Waals surface area contributed by atoms with Crippen molar-refractivity contribution in [1.82, 2.24) is 0 Å². The van der Waals surface area contributed by atoms with Crippen LogP contribution in [0.15, 0.2) is 15.3 Å². The first-order valence-electron chi connectivity index (χ1n) is 5.96. The number of carbonyl (C=O) groups is 1. The summed E-state index contributed by atoms with van der Waals surface area (Å²) in [6, 6.07) is 1.59. The van der Waals surface area contributed by atoms with Gasteiger partial charge in [0, 0.05) is 12.5 Å². The fourth-order valence-corrected chi connectivity index (χ4v) is 1.69.